The number of likely N-dealkylation sites (N-methyl/N-ethyl adjacent to an activating group) is 1. The Morgan fingerprint density at radius 2 is 2.05 bits per heavy atom. The van der Waals surface area contributed by atoms with Crippen molar-refractivity contribution in [2.24, 2.45) is 0 Å². The topological polar surface area (TPSA) is 50.2 Å². The molecule has 0 saturated carbocycles. The predicted octanol–water partition coefficient (Wildman–Crippen LogP) is 2.28. The molecule has 1 aromatic heterocycles. The Kier molecular flexibility index (Phi) is 5.11. The second-order valence-corrected chi connectivity index (χ2v) is 5.16. The second-order valence-electron chi connectivity index (χ2n) is 5.16. The number of nitrogens with one attached hydrogen (secondary N) is 1. The number of hydrogen-bond donors (Lipinski definition) is 1. The van der Waals surface area contributed by atoms with E-state index in [1.54, 1.807) is 0 Å². The van der Waals surface area contributed by atoms with E-state index in [-0.39, 0.29) is 5.91 Å². The fourth-order valence-corrected chi connectivity index (χ4v) is 2.27. The van der Waals surface area contributed by atoms with Crippen LogP contribution in [-0.2, 0) is 17.9 Å². The zero-order chi connectivity index (χ0) is 15.2. The van der Waals surface area contributed by atoms with E-state index in [1.165, 1.54) is 0 Å². The van der Waals surface area contributed by atoms with Crippen molar-refractivity contribution in [3.05, 3.63) is 47.8 Å². The number of hydrogen-bond acceptors (Lipinski definition) is 3. The number of aryl methyl sites for hydroxylation is 1. The van der Waals surface area contributed by atoms with E-state index in [4.69, 9.17) is 0 Å². The maximum absolute atomic E-state index is 12.0. The van der Waals surface area contributed by atoms with Crippen molar-refractivity contribution in [3.8, 4) is 0 Å². The largest absolute Gasteiger partial charge is 0.325 e. The molecule has 0 spiro atoms. The summed E-state index contributed by atoms with van der Waals surface area (Å²) in [4.78, 5) is 14.0. The molecule has 1 heterocycles. The Bertz CT molecular complexity index is 592. The monoisotopic (exact) mass is 286 g/mol. The number of benzene rings is 1. The zero-order valence-electron chi connectivity index (χ0n) is 12.8. The number of rotatable bonds is 6. The van der Waals surface area contributed by atoms with Crippen molar-refractivity contribution in [1.29, 1.82) is 0 Å². The van der Waals surface area contributed by atoms with Crippen molar-refractivity contribution < 1.29 is 4.79 Å². The number of nitrogens with zero attached hydrogens (tertiary/aromatic N) is 3. The third-order valence-corrected chi connectivity index (χ3v) is 3.42. The third kappa shape index (κ3) is 4.16. The van der Waals surface area contributed by atoms with E-state index >= 15 is 0 Å². The van der Waals surface area contributed by atoms with E-state index in [0.29, 0.717) is 13.1 Å². The van der Waals surface area contributed by atoms with Crippen LogP contribution in [0.2, 0.25) is 0 Å². The first-order valence-electron chi connectivity index (χ1n) is 7.15. The minimum atomic E-state index is -0.00997. The Morgan fingerprint density at radius 1 is 1.33 bits per heavy atom. The van der Waals surface area contributed by atoms with Crippen LogP contribution in [0.15, 0.2) is 36.5 Å². The molecule has 2 rings (SSSR count). The van der Waals surface area contributed by atoms with Crippen LogP contribution >= 0.6 is 0 Å². The van der Waals surface area contributed by atoms with Gasteiger partial charge in [-0.05, 0) is 33.0 Å². The van der Waals surface area contributed by atoms with Gasteiger partial charge in [0.15, 0.2) is 0 Å². The quantitative estimate of drug-likeness (QED) is 0.886. The molecule has 5 heteroatoms. The van der Waals surface area contributed by atoms with Crippen LogP contribution in [0.5, 0.6) is 0 Å². The lowest BCUT2D eigenvalue weighted by molar-refractivity contribution is -0.117. The average molecular weight is 286 g/mol. The SMILES string of the molecule is CCn1ncc(CN(C)CC(=O)Nc2ccccc2)c1C. The predicted molar refractivity (Wildman–Crippen MR) is 84.0 cm³/mol. The molecule has 5 nitrogen and oxygen atoms in total. The number of carbonyl (C=O) groups is 1. The summed E-state index contributed by atoms with van der Waals surface area (Å²) in [7, 11) is 1.94. The van der Waals surface area contributed by atoms with E-state index in [1.807, 2.05) is 53.2 Å². The van der Waals surface area contributed by atoms with Crippen LogP contribution in [0.4, 0.5) is 5.69 Å². The van der Waals surface area contributed by atoms with Gasteiger partial charge in [-0.3, -0.25) is 14.4 Å². The highest BCUT2D eigenvalue weighted by Crippen LogP contribution is 2.10. The number of amides is 1. The van der Waals surface area contributed by atoms with E-state index in [0.717, 1.165) is 23.5 Å². The minimum absolute atomic E-state index is 0.00997. The number of aromatic nitrogens is 2. The summed E-state index contributed by atoms with van der Waals surface area (Å²) >= 11 is 0. The van der Waals surface area contributed by atoms with Gasteiger partial charge in [0.1, 0.15) is 0 Å². The van der Waals surface area contributed by atoms with Gasteiger partial charge in [0.05, 0.1) is 12.7 Å². The maximum Gasteiger partial charge on any atom is 0.238 e. The highest BCUT2D eigenvalue weighted by molar-refractivity contribution is 5.92. The lowest BCUT2D eigenvalue weighted by atomic mass is 10.2. The molecule has 112 valence electrons. The summed E-state index contributed by atoms with van der Waals surface area (Å²) in [5.74, 6) is -0.00997. The molecule has 0 aliphatic rings. The van der Waals surface area contributed by atoms with Crippen LogP contribution in [0, 0.1) is 6.92 Å². The van der Waals surface area contributed by atoms with Gasteiger partial charge in [-0.15, -0.1) is 0 Å². The first-order valence-corrected chi connectivity index (χ1v) is 7.15. The highest BCUT2D eigenvalue weighted by Gasteiger charge is 2.11. The summed E-state index contributed by atoms with van der Waals surface area (Å²) in [5.41, 5.74) is 3.14. The second kappa shape index (κ2) is 7.04. The van der Waals surface area contributed by atoms with Crippen LogP contribution in [0.25, 0.3) is 0 Å². The van der Waals surface area contributed by atoms with Crippen LogP contribution < -0.4 is 5.32 Å². The molecule has 0 saturated heterocycles. The molecule has 0 bridgehead atoms. The molecule has 1 aromatic carbocycles. The van der Waals surface area contributed by atoms with Gasteiger partial charge in [-0.25, -0.2) is 0 Å². The lowest BCUT2D eigenvalue weighted by Crippen LogP contribution is -2.29. The van der Waals surface area contributed by atoms with Gasteiger partial charge >= 0.3 is 0 Å². The Hall–Kier alpha value is -2.14. The number of para-hydroxylation sites is 1. The molecule has 0 aliphatic heterocycles. The van der Waals surface area contributed by atoms with Gasteiger partial charge < -0.3 is 5.32 Å². The molecule has 1 N–H and O–H groups in total. The number of anilines is 1. The van der Waals surface area contributed by atoms with E-state index in [2.05, 4.69) is 24.3 Å². The van der Waals surface area contributed by atoms with Crippen LogP contribution in [0.3, 0.4) is 0 Å². The summed E-state index contributed by atoms with van der Waals surface area (Å²) in [6.07, 6.45) is 1.88. The molecule has 0 radical (unpaired) electrons. The van der Waals surface area contributed by atoms with Crippen molar-refractivity contribution in [1.82, 2.24) is 14.7 Å². The molecule has 0 unspecified atom stereocenters. The van der Waals surface area contributed by atoms with Gasteiger partial charge in [0.2, 0.25) is 5.91 Å². The third-order valence-electron chi connectivity index (χ3n) is 3.42. The summed E-state index contributed by atoms with van der Waals surface area (Å²) in [6, 6.07) is 9.50. The normalized spacial score (nSPS) is 10.9. The fraction of sp³-hybridized carbons (Fsp3) is 0.375. The molecule has 0 fully saturated rings. The molecular formula is C16H22N4O. The highest BCUT2D eigenvalue weighted by atomic mass is 16.2. The summed E-state index contributed by atoms with van der Waals surface area (Å²) < 4.78 is 1.97. The Morgan fingerprint density at radius 3 is 2.67 bits per heavy atom. The summed E-state index contributed by atoms with van der Waals surface area (Å²) in [5, 5.41) is 7.21. The average Bonchev–Trinajstić information content (AvgIpc) is 2.80. The van der Waals surface area contributed by atoms with Gasteiger partial charge in [0, 0.05) is 30.0 Å². The van der Waals surface area contributed by atoms with E-state index in [9.17, 15) is 4.79 Å². The van der Waals surface area contributed by atoms with E-state index < -0.39 is 0 Å². The van der Waals surface area contributed by atoms with Gasteiger partial charge in [0.25, 0.3) is 0 Å². The van der Waals surface area contributed by atoms with Crippen LogP contribution in [0.1, 0.15) is 18.2 Å². The lowest BCUT2D eigenvalue weighted by Gasteiger charge is -2.16. The molecule has 0 aliphatic carbocycles. The first kappa shape index (κ1) is 15.3. The van der Waals surface area contributed by atoms with Gasteiger partial charge in [-0.2, -0.15) is 5.10 Å². The van der Waals surface area contributed by atoms with Crippen molar-refractivity contribution in [3.63, 3.8) is 0 Å². The fourth-order valence-electron chi connectivity index (χ4n) is 2.27. The number of carbonyl (C=O) groups excluding carboxylic acids is 1. The molecule has 1 amide bonds. The Labute approximate surface area is 125 Å². The van der Waals surface area contributed by atoms with Crippen molar-refractivity contribution >= 4 is 11.6 Å². The molecular weight excluding hydrogens is 264 g/mol. The first-order chi connectivity index (χ1) is 10.1. The maximum atomic E-state index is 12.0. The van der Waals surface area contributed by atoms with Gasteiger partial charge in [-0.1, -0.05) is 18.2 Å². The van der Waals surface area contributed by atoms with Crippen LogP contribution in [-0.4, -0.2) is 34.2 Å². The zero-order valence-corrected chi connectivity index (χ0v) is 12.8. The molecule has 2 aromatic rings. The standard InChI is InChI=1S/C16H22N4O/c1-4-20-13(2)14(10-17-20)11-19(3)12-16(21)18-15-8-6-5-7-9-15/h5-10H,4,11-12H2,1-3H3,(H,18,21). The summed E-state index contributed by atoms with van der Waals surface area (Å²) in [6.45, 7) is 6.06. The minimum Gasteiger partial charge on any atom is -0.325 e. The van der Waals surface area contributed by atoms with Crippen molar-refractivity contribution in [2.45, 2.75) is 26.9 Å². The smallest absolute Gasteiger partial charge is 0.238 e. The Balaban J connectivity index is 1.87. The van der Waals surface area contributed by atoms with Crippen molar-refractivity contribution in [2.75, 3.05) is 18.9 Å². The molecule has 21 heavy (non-hydrogen) atoms. The molecule has 0 atom stereocenters.